The molecule has 1 nitrogen and oxygen atoms in total. The molecule has 0 N–H and O–H groups in total. The Hall–Kier alpha value is -1.12. The second kappa shape index (κ2) is 4.17. The van der Waals surface area contributed by atoms with Crippen LogP contribution in [-0.2, 0) is 0 Å². The van der Waals surface area contributed by atoms with Crippen LogP contribution in [0, 0.1) is 18.6 Å². The largest absolute Gasteiger partial charge is 0.369 e. The van der Waals surface area contributed by atoms with Crippen LogP contribution in [0.25, 0.3) is 0 Å². The molecule has 0 unspecified atom stereocenters. The van der Waals surface area contributed by atoms with Crippen molar-refractivity contribution in [2.75, 3.05) is 18.0 Å². The number of hydrogen-bond acceptors (Lipinski definition) is 1. The van der Waals surface area contributed by atoms with Gasteiger partial charge in [0, 0.05) is 19.2 Å². The molecule has 82 valence electrons. The third-order valence-corrected chi connectivity index (χ3v) is 2.92. The van der Waals surface area contributed by atoms with Gasteiger partial charge in [-0.1, -0.05) is 0 Å². The lowest BCUT2D eigenvalue weighted by Crippen LogP contribution is -2.30. The first-order valence-corrected chi connectivity index (χ1v) is 5.39. The fourth-order valence-corrected chi connectivity index (χ4v) is 2.01. The Labute approximate surface area is 88.7 Å². The van der Waals surface area contributed by atoms with E-state index in [0.29, 0.717) is 11.3 Å². The second-order valence-corrected chi connectivity index (χ2v) is 4.10. The lowest BCUT2D eigenvalue weighted by atomic mass is 10.1. The summed E-state index contributed by atoms with van der Waals surface area (Å²) in [4.78, 5) is 1.93. The van der Waals surface area contributed by atoms with E-state index in [0.717, 1.165) is 25.9 Å². The Balaban J connectivity index is 2.30. The van der Waals surface area contributed by atoms with Gasteiger partial charge in [-0.2, -0.15) is 0 Å². The van der Waals surface area contributed by atoms with Gasteiger partial charge in [0.2, 0.25) is 0 Å². The van der Waals surface area contributed by atoms with Crippen molar-refractivity contribution in [3.05, 3.63) is 29.3 Å². The molecular weight excluding hydrogens is 196 g/mol. The van der Waals surface area contributed by atoms with E-state index < -0.39 is 0 Å². The van der Waals surface area contributed by atoms with Gasteiger partial charge < -0.3 is 4.90 Å². The van der Waals surface area contributed by atoms with E-state index in [1.165, 1.54) is 18.6 Å². The predicted molar refractivity (Wildman–Crippen MR) is 57.2 cm³/mol. The van der Waals surface area contributed by atoms with Gasteiger partial charge in [0.15, 0.2) is 0 Å². The van der Waals surface area contributed by atoms with E-state index in [-0.39, 0.29) is 11.6 Å². The van der Waals surface area contributed by atoms with Crippen molar-refractivity contribution < 1.29 is 8.78 Å². The molecule has 1 heterocycles. The van der Waals surface area contributed by atoms with Crippen molar-refractivity contribution in [1.82, 2.24) is 0 Å². The molecule has 0 bridgehead atoms. The standard InChI is InChI=1S/C12H15F2N/c1-9-7-11(14)12(8-10(9)13)15-5-3-2-4-6-15/h7-8H,2-6H2,1H3. The minimum atomic E-state index is -0.322. The van der Waals surface area contributed by atoms with Gasteiger partial charge in [0.05, 0.1) is 5.69 Å². The van der Waals surface area contributed by atoms with Gasteiger partial charge in [-0.25, -0.2) is 8.78 Å². The first-order chi connectivity index (χ1) is 7.18. The molecule has 0 saturated carbocycles. The summed E-state index contributed by atoms with van der Waals surface area (Å²) in [6.07, 6.45) is 3.32. The Kier molecular flexibility index (Phi) is 2.89. The summed E-state index contributed by atoms with van der Waals surface area (Å²) >= 11 is 0. The summed E-state index contributed by atoms with van der Waals surface area (Å²) in [5.74, 6) is -0.632. The van der Waals surface area contributed by atoms with E-state index in [1.54, 1.807) is 6.92 Å². The van der Waals surface area contributed by atoms with Crippen molar-refractivity contribution in [3.8, 4) is 0 Å². The van der Waals surface area contributed by atoms with Gasteiger partial charge in [0.25, 0.3) is 0 Å². The normalized spacial score (nSPS) is 16.9. The summed E-state index contributed by atoms with van der Waals surface area (Å²) in [6, 6.07) is 2.59. The zero-order chi connectivity index (χ0) is 10.8. The maximum absolute atomic E-state index is 13.6. The molecule has 0 radical (unpaired) electrons. The number of anilines is 1. The molecule has 1 fully saturated rings. The summed E-state index contributed by atoms with van der Waals surface area (Å²) in [7, 11) is 0. The van der Waals surface area contributed by atoms with E-state index in [2.05, 4.69) is 0 Å². The molecule has 2 rings (SSSR count). The zero-order valence-electron chi connectivity index (χ0n) is 8.89. The summed E-state index contributed by atoms with van der Waals surface area (Å²) in [5.41, 5.74) is 0.783. The Morgan fingerprint density at radius 1 is 1.00 bits per heavy atom. The molecule has 0 atom stereocenters. The highest BCUT2D eigenvalue weighted by atomic mass is 19.1. The summed E-state index contributed by atoms with van der Waals surface area (Å²) in [5, 5.41) is 0. The van der Waals surface area contributed by atoms with Crippen molar-refractivity contribution in [3.63, 3.8) is 0 Å². The average Bonchev–Trinajstić information content (AvgIpc) is 2.25. The van der Waals surface area contributed by atoms with Crippen LogP contribution in [0.2, 0.25) is 0 Å². The Bertz CT molecular complexity index is 357. The summed E-state index contributed by atoms with van der Waals surface area (Å²) < 4.78 is 26.9. The first kappa shape index (κ1) is 10.4. The number of hydrogen-bond donors (Lipinski definition) is 0. The van der Waals surface area contributed by atoms with Crippen LogP contribution < -0.4 is 4.90 Å². The minimum absolute atomic E-state index is 0.309. The van der Waals surface area contributed by atoms with Crippen LogP contribution in [0.5, 0.6) is 0 Å². The number of rotatable bonds is 1. The van der Waals surface area contributed by atoms with Crippen LogP contribution in [0.4, 0.5) is 14.5 Å². The average molecular weight is 211 g/mol. The van der Waals surface area contributed by atoms with Crippen LogP contribution >= 0.6 is 0 Å². The number of halogens is 2. The molecule has 0 aliphatic carbocycles. The van der Waals surface area contributed by atoms with Gasteiger partial charge >= 0.3 is 0 Å². The molecule has 0 aromatic heterocycles. The number of aryl methyl sites for hydroxylation is 1. The van der Waals surface area contributed by atoms with Crippen LogP contribution in [0.15, 0.2) is 12.1 Å². The molecular formula is C12H15F2N. The second-order valence-electron chi connectivity index (χ2n) is 4.10. The molecule has 0 spiro atoms. The lowest BCUT2D eigenvalue weighted by molar-refractivity contribution is 0.548. The fraction of sp³-hybridized carbons (Fsp3) is 0.500. The highest BCUT2D eigenvalue weighted by Gasteiger charge is 2.16. The monoisotopic (exact) mass is 211 g/mol. The number of nitrogens with zero attached hydrogens (tertiary/aromatic N) is 1. The summed E-state index contributed by atoms with van der Waals surface area (Å²) in [6.45, 7) is 3.25. The highest BCUT2D eigenvalue weighted by Crippen LogP contribution is 2.25. The van der Waals surface area contributed by atoms with Crippen LogP contribution in [0.1, 0.15) is 24.8 Å². The third-order valence-electron chi connectivity index (χ3n) is 2.92. The Morgan fingerprint density at radius 3 is 2.33 bits per heavy atom. The van der Waals surface area contributed by atoms with Crippen molar-refractivity contribution >= 4 is 5.69 Å². The Morgan fingerprint density at radius 2 is 1.67 bits per heavy atom. The fourth-order valence-electron chi connectivity index (χ4n) is 2.01. The first-order valence-electron chi connectivity index (χ1n) is 5.39. The molecule has 3 heteroatoms. The quantitative estimate of drug-likeness (QED) is 0.689. The molecule has 1 aromatic rings. The molecule has 15 heavy (non-hydrogen) atoms. The van der Waals surface area contributed by atoms with Gasteiger partial charge in [-0.15, -0.1) is 0 Å². The van der Waals surface area contributed by atoms with Crippen LogP contribution in [0.3, 0.4) is 0 Å². The SMILES string of the molecule is Cc1cc(F)c(N2CCCCC2)cc1F. The molecule has 1 aliphatic rings. The van der Waals surface area contributed by atoms with Crippen molar-refractivity contribution in [1.29, 1.82) is 0 Å². The minimum Gasteiger partial charge on any atom is -0.369 e. The number of benzene rings is 1. The van der Waals surface area contributed by atoms with Crippen LogP contribution in [-0.4, -0.2) is 13.1 Å². The predicted octanol–water partition coefficient (Wildman–Crippen LogP) is 3.26. The van der Waals surface area contributed by atoms with E-state index in [4.69, 9.17) is 0 Å². The topological polar surface area (TPSA) is 3.24 Å². The van der Waals surface area contributed by atoms with E-state index in [9.17, 15) is 8.78 Å². The van der Waals surface area contributed by atoms with E-state index >= 15 is 0 Å². The lowest BCUT2D eigenvalue weighted by Gasteiger charge is -2.29. The van der Waals surface area contributed by atoms with Crippen molar-refractivity contribution in [2.24, 2.45) is 0 Å². The van der Waals surface area contributed by atoms with E-state index in [1.807, 2.05) is 4.90 Å². The highest BCUT2D eigenvalue weighted by molar-refractivity contribution is 5.49. The number of piperidine rings is 1. The van der Waals surface area contributed by atoms with Gasteiger partial charge in [-0.05, 0) is 37.8 Å². The molecule has 1 saturated heterocycles. The maximum atomic E-state index is 13.6. The molecule has 1 aliphatic heterocycles. The van der Waals surface area contributed by atoms with Gasteiger partial charge in [-0.3, -0.25) is 0 Å². The molecule has 0 amide bonds. The molecule has 1 aromatic carbocycles. The smallest absolute Gasteiger partial charge is 0.146 e. The maximum Gasteiger partial charge on any atom is 0.146 e. The van der Waals surface area contributed by atoms with Gasteiger partial charge in [0.1, 0.15) is 11.6 Å². The van der Waals surface area contributed by atoms with Crippen molar-refractivity contribution in [2.45, 2.75) is 26.2 Å². The third kappa shape index (κ3) is 2.11. The zero-order valence-corrected chi connectivity index (χ0v) is 8.89.